The van der Waals surface area contributed by atoms with E-state index in [1.165, 1.54) is 12.0 Å². The lowest BCUT2D eigenvalue weighted by atomic mass is 9.98. The van der Waals surface area contributed by atoms with Gasteiger partial charge in [0.05, 0.1) is 11.4 Å². The summed E-state index contributed by atoms with van der Waals surface area (Å²) < 4.78 is 0. The number of urea groups is 1. The van der Waals surface area contributed by atoms with Crippen molar-refractivity contribution in [2.24, 2.45) is 5.92 Å². The van der Waals surface area contributed by atoms with E-state index in [2.05, 4.69) is 56.4 Å². The second-order valence-corrected chi connectivity index (χ2v) is 8.06. The first-order valence-corrected chi connectivity index (χ1v) is 10.1. The Morgan fingerprint density at radius 2 is 1.78 bits per heavy atom. The minimum Gasteiger partial charge on any atom is -0.325 e. The number of rotatable bonds is 4. The molecular weight excluding hydrogens is 334 g/mol. The fourth-order valence-corrected chi connectivity index (χ4v) is 3.66. The Kier molecular flexibility index (Phi) is 6.15. The minimum absolute atomic E-state index is 0.00966. The molecule has 1 N–H and O–H groups in total. The first-order chi connectivity index (χ1) is 12.9. The largest absolute Gasteiger partial charge is 0.325 e. The quantitative estimate of drug-likeness (QED) is 0.768. The van der Waals surface area contributed by atoms with E-state index in [1.807, 2.05) is 11.8 Å². The zero-order valence-electron chi connectivity index (χ0n) is 17.0. The summed E-state index contributed by atoms with van der Waals surface area (Å²) in [5, 5.41) is 3.17. The van der Waals surface area contributed by atoms with E-state index >= 15 is 0 Å². The topological polar surface area (TPSA) is 45.2 Å². The lowest BCUT2D eigenvalue weighted by molar-refractivity contribution is 0.200. The maximum Gasteiger partial charge on any atom is 0.321 e. The van der Waals surface area contributed by atoms with Crippen molar-refractivity contribution in [3.05, 3.63) is 47.3 Å². The highest BCUT2D eigenvalue weighted by Crippen LogP contribution is 2.32. The standard InChI is InChI=1S/C23H31N3O/c1-16(2)14-20-15-21(19-10-8-17(3)9-11-19)22(18(4)24-20)25-23(27)26-12-6-5-7-13-26/h8-11,15-16H,5-7,12-14H2,1-4H3,(H,25,27). The molecule has 0 radical (unpaired) electrons. The first kappa shape index (κ1) is 19.4. The summed E-state index contributed by atoms with van der Waals surface area (Å²) >= 11 is 0. The number of hydrogen-bond donors (Lipinski definition) is 1. The van der Waals surface area contributed by atoms with Gasteiger partial charge in [-0.1, -0.05) is 43.7 Å². The van der Waals surface area contributed by atoms with Crippen molar-refractivity contribution >= 4 is 11.7 Å². The Morgan fingerprint density at radius 1 is 1.11 bits per heavy atom. The lowest BCUT2D eigenvalue weighted by Crippen LogP contribution is -2.39. The SMILES string of the molecule is Cc1ccc(-c2cc(CC(C)C)nc(C)c2NC(=O)N2CCCCC2)cc1. The highest BCUT2D eigenvalue weighted by Gasteiger charge is 2.20. The van der Waals surface area contributed by atoms with Gasteiger partial charge in [-0.25, -0.2) is 4.79 Å². The maximum atomic E-state index is 12.8. The highest BCUT2D eigenvalue weighted by atomic mass is 16.2. The van der Waals surface area contributed by atoms with Gasteiger partial charge in [0.2, 0.25) is 0 Å². The van der Waals surface area contributed by atoms with Gasteiger partial charge in [0, 0.05) is 24.3 Å². The number of carbonyl (C=O) groups is 1. The zero-order valence-corrected chi connectivity index (χ0v) is 17.0. The predicted octanol–water partition coefficient (Wildman–Crippen LogP) is 5.58. The molecule has 27 heavy (non-hydrogen) atoms. The molecule has 0 aliphatic carbocycles. The number of anilines is 1. The summed E-state index contributed by atoms with van der Waals surface area (Å²) in [5.41, 5.74) is 6.20. The molecule has 1 fully saturated rings. The number of aryl methyl sites for hydroxylation is 2. The normalized spacial score (nSPS) is 14.5. The van der Waals surface area contributed by atoms with Gasteiger partial charge in [-0.05, 0) is 57.1 Å². The summed E-state index contributed by atoms with van der Waals surface area (Å²) in [4.78, 5) is 19.5. The molecule has 0 atom stereocenters. The molecule has 1 aromatic heterocycles. The van der Waals surface area contributed by atoms with E-state index in [-0.39, 0.29) is 6.03 Å². The number of nitrogens with zero attached hydrogens (tertiary/aromatic N) is 2. The van der Waals surface area contributed by atoms with E-state index in [1.54, 1.807) is 0 Å². The van der Waals surface area contributed by atoms with Gasteiger partial charge >= 0.3 is 6.03 Å². The third-order valence-corrected chi connectivity index (χ3v) is 5.11. The molecule has 2 heterocycles. The maximum absolute atomic E-state index is 12.8. The number of hydrogen-bond acceptors (Lipinski definition) is 2. The molecule has 1 aliphatic rings. The number of piperidine rings is 1. The van der Waals surface area contributed by atoms with Crippen molar-refractivity contribution < 1.29 is 4.79 Å². The summed E-state index contributed by atoms with van der Waals surface area (Å²) in [6.45, 7) is 10.2. The smallest absolute Gasteiger partial charge is 0.321 e. The Hall–Kier alpha value is -2.36. The summed E-state index contributed by atoms with van der Waals surface area (Å²) in [6, 6.07) is 10.6. The van der Waals surface area contributed by atoms with E-state index < -0.39 is 0 Å². The molecule has 0 spiro atoms. The Labute approximate surface area is 163 Å². The predicted molar refractivity (Wildman–Crippen MR) is 112 cm³/mol. The van der Waals surface area contributed by atoms with E-state index in [9.17, 15) is 4.79 Å². The second-order valence-electron chi connectivity index (χ2n) is 8.06. The van der Waals surface area contributed by atoms with Crippen molar-refractivity contribution in [1.82, 2.24) is 9.88 Å². The summed E-state index contributed by atoms with van der Waals surface area (Å²) in [5.74, 6) is 0.538. The molecule has 144 valence electrons. The fourth-order valence-electron chi connectivity index (χ4n) is 3.66. The van der Waals surface area contributed by atoms with Crippen LogP contribution in [0.15, 0.2) is 30.3 Å². The van der Waals surface area contributed by atoms with Crippen LogP contribution in [0.1, 0.15) is 50.1 Å². The van der Waals surface area contributed by atoms with Gasteiger partial charge in [0.15, 0.2) is 0 Å². The molecule has 1 aliphatic heterocycles. The molecule has 1 aromatic carbocycles. The van der Waals surface area contributed by atoms with Crippen LogP contribution in [0.5, 0.6) is 0 Å². The molecule has 1 saturated heterocycles. The number of likely N-dealkylation sites (tertiary alicyclic amines) is 1. The van der Waals surface area contributed by atoms with E-state index in [0.717, 1.165) is 60.6 Å². The second kappa shape index (κ2) is 8.55. The molecule has 0 bridgehead atoms. The number of benzene rings is 1. The van der Waals surface area contributed by atoms with Crippen LogP contribution in [0.3, 0.4) is 0 Å². The molecule has 2 amide bonds. The third kappa shape index (κ3) is 4.88. The van der Waals surface area contributed by atoms with Gasteiger partial charge < -0.3 is 10.2 Å². The van der Waals surface area contributed by atoms with Crippen molar-refractivity contribution in [2.45, 2.75) is 53.4 Å². The number of carbonyl (C=O) groups excluding carboxylic acids is 1. The van der Waals surface area contributed by atoms with Crippen LogP contribution in [-0.4, -0.2) is 29.0 Å². The van der Waals surface area contributed by atoms with Crippen molar-refractivity contribution in [2.75, 3.05) is 18.4 Å². The van der Waals surface area contributed by atoms with Crippen LogP contribution in [-0.2, 0) is 6.42 Å². The van der Waals surface area contributed by atoms with E-state index in [4.69, 9.17) is 4.98 Å². The van der Waals surface area contributed by atoms with Crippen LogP contribution in [0.2, 0.25) is 0 Å². The van der Waals surface area contributed by atoms with Crippen LogP contribution in [0.25, 0.3) is 11.1 Å². The molecular formula is C23H31N3O. The highest BCUT2D eigenvalue weighted by molar-refractivity contribution is 5.95. The van der Waals surface area contributed by atoms with Crippen molar-refractivity contribution in [1.29, 1.82) is 0 Å². The number of pyridine rings is 1. The number of amides is 2. The molecule has 0 saturated carbocycles. The van der Waals surface area contributed by atoms with Gasteiger partial charge in [0.25, 0.3) is 0 Å². The molecule has 4 heteroatoms. The lowest BCUT2D eigenvalue weighted by Gasteiger charge is -2.27. The van der Waals surface area contributed by atoms with Gasteiger partial charge in [-0.2, -0.15) is 0 Å². The van der Waals surface area contributed by atoms with Crippen LogP contribution in [0.4, 0.5) is 10.5 Å². The van der Waals surface area contributed by atoms with Crippen LogP contribution >= 0.6 is 0 Å². The fraction of sp³-hybridized carbons (Fsp3) is 0.478. The Morgan fingerprint density at radius 3 is 2.41 bits per heavy atom. The average Bonchev–Trinajstić information content (AvgIpc) is 2.64. The minimum atomic E-state index is -0.00966. The van der Waals surface area contributed by atoms with Crippen molar-refractivity contribution in [3.8, 4) is 11.1 Å². The third-order valence-electron chi connectivity index (χ3n) is 5.11. The Balaban J connectivity index is 1.97. The number of aromatic nitrogens is 1. The molecule has 4 nitrogen and oxygen atoms in total. The molecule has 0 unspecified atom stereocenters. The average molecular weight is 366 g/mol. The number of nitrogens with one attached hydrogen (secondary N) is 1. The van der Waals surface area contributed by atoms with E-state index in [0.29, 0.717) is 5.92 Å². The van der Waals surface area contributed by atoms with Crippen LogP contribution in [0, 0.1) is 19.8 Å². The summed E-state index contributed by atoms with van der Waals surface area (Å²) in [7, 11) is 0. The molecule has 2 aromatic rings. The first-order valence-electron chi connectivity index (χ1n) is 10.1. The van der Waals surface area contributed by atoms with Gasteiger partial charge in [-0.15, -0.1) is 0 Å². The van der Waals surface area contributed by atoms with Crippen LogP contribution < -0.4 is 5.32 Å². The summed E-state index contributed by atoms with van der Waals surface area (Å²) in [6.07, 6.45) is 4.31. The zero-order chi connectivity index (χ0) is 19.4. The Bertz CT molecular complexity index is 790. The van der Waals surface area contributed by atoms with Crippen molar-refractivity contribution in [3.63, 3.8) is 0 Å². The monoisotopic (exact) mass is 365 g/mol. The molecule has 3 rings (SSSR count). The van der Waals surface area contributed by atoms with Gasteiger partial charge in [0.1, 0.15) is 0 Å². The van der Waals surface area contributed by atoms with Gasteiger partial charge in [-0.3, -0.25) is 4.98 Å².